The first-order chi connectivity index (χ1) is 11.6. The molecule has 1 heterocycles. The zero-order valence-electron chi connectivity index (χ0n) is 12.9. The summed E-state index contributed by atoms with van der Waals surface area (Å²) in [6.45, 7) is 1.62. The Morgan fingerprint density at radius 3 is 2.71 bits per heavy atom. The molecule has 3 rings (SSSR count). The molecule has 0 saturated carbocycles. The monoisotopic (exact) mass is 342 g/mol. The fourth-order valence-corrected chi connectivity index (χ4v) is 2.71. The molecule has 0 aliphatic carbocycles. The number of amides is 1. The number of nitrogens with one attached hydrogen (secondary N) is 2. The van der Waals surface area contributed by atoms with E-state index in [1.165, 1.54) is 18.0 Å². The Bertz CT molecular complexity index is 837. The van der Waals surface area contributed by atoms with E-state index in [0.29, 0.717) is 11.3 Å². The maximum Gasteiger partial charge on any atom is 0.269 e. The summed E-state index contributed by atoms with van der Waals surface area (Å²) in [5.74, 6) is -1.09. The summed E-state index contributed by atoms with van der Waals surface area (Å²) in [6, 6.07) is 14.4. The summed E-state index contributed by atoms with van der Waals surface area (Å²) in [6.07, 6.45) is 3.36. The molecule has 122 valence electrons. The van der Waals surface area contributed by atoms with Crippen LogP contribution >= 0.6 is 11.9 Å². The molecular formula is C17H15FN4OS. The van der Waals surface area contributed by atoms with Crippen LogP contribution in [-0.4, -0.2) is 15.7 Å². The van der Waals surface area contributed by atoms with Crippen molar-refractivity contribution in [2.24, 2.45) is 0 Å². The van der Waals surface area contributed by atoms with Gasteiger partial charge in [-0.15, -0.1) is 0 Å². The van der Waals surface area contributed by atoms with Crippen molar-refractivity contribution in [1.82, 2.24) is 20.0 Å². The third-order valence-electron chi connectivity index (χ3n) is 3.33. The Labute approximate surface area is 143 Å². The maximum atomic E-state index is 14.3. The predicted octanol–water partition coefficient (Wildman–Crippen LogP) is 3.26. The molecule has 0 unspecified atom stereocenters. The van der Waals surface area contributed by atoms with Gasteiger partial charge in [-0.2, -0.15) is 9.93 Å². The van der Waals surface area contributed by atoms with E-state index in [1.54, 1.807) is 36.1 Å². The number of carbonyl (C=O) groups is 1. The normalized spacial score (nSPS) is 10.6. The number of halogens is 1. The second-order valence-electron chi connectivity index (χ2n) is 5.05. The Hall–Kier alpha value is -2.64. The lowest BCUT2D eigenvalue weighted by atomic mass is 10.1. The lowest BCUT2D eigenvalue weighted by Gasteiger charge is -2.11. The Kier molecular flexibility index (Phi) is 4.93. The van der Waals surface area contributed by atoms with E-state index in [1.807, 2.05) is 30.3 Å². The smallest absolute Gasteiger partial charge is 0.269 e. The first-order valence-corrected chi connectivity index (χ1v) is 8.04. The van der Waals surface area contributed by atoms with Crippen molar-refractivity contribution in [3.8, 4) is 5.69 Å². The molecule has 2 aromatic carbocycles. The minimum Gasteiger partial charge on any atom is -0.277 e. The quantitative estimate of drug-likeness (QED) is 0.552. The fraction of sp³-hybridized carbons (Fsp3) is 0.0588. The van der Waals surface area contributed by atoms with Crippen LogP contribution in [-0.2, 0) is 0 Å². The van der Waals surface area contributed by atoms with Gasteiger partial charge in [0, 0.05) is 17.3 Å². The molecule has 7 heteroatoms. The number of aryl methyl sites for hydroxylation is 1. The number of hydrazine groups is 1. The van der Waals surface area contributed by atoms with E-state index in [4.69, 9.17) is 0 Å². The Morgan fingerprint density at radius 1 is 1.21 bits per heavy atom. The number of aromatic nitrogens is 2. The summed E-state index contributed by atoms with van der Waals surface area (Å²) in [7, 11) is 0. The minimum atomic E-state index is -0.548. The summed E-state index contributed by atoms with van der Waals surface area (Å²) in [4.78, 5) is 15.9. The molecule has 5 nitrogen and oxygen atoms in total. The molecular weight excluding hydrogens is 327 g/mol. The molecule has 1 aromatic heterocycles. The van der Waals surface area contributed by atoms with E-state index < -0.39 is 11.7 Å². The largest absolute Gasteiger partial charge is 0.277 e. The molecule has 1 amide bonds. The molecule has 0 saturated heterocycles. The average Bonchev–Trinajstić information content (AvgIpc) is 3.12. The van der Waals surface area contributed by atoms with Crippen LogP contribution in [0.2, 0.25) is 0 Å². The van der Waals surface area contributed by atoms with E-state index in [0.717, 1.165) is 4.90 Å². The highest BCUT2D eigenvalue weighted by Gasteiger charge is 2.16. The van der Waals surface area contributed by atoms with Gasteiger partial charge in [0.2, 0.25) is 0 Å². The van der Waals surface area contributed by atoms with Gasteiger partial charge in [-0.05, 0) is 54.8 Å². The van der Waals surface area contributed by atoms with E-state index >= 15 is 0 Å². The summed E-state index contributed by atoms with van der Waals surface area (Å²) >= 11 is 1.23. The van der Waals surface area contributed by atoms with Crippen molar-refractivity contribution >= 4 is 17.9 Å². The molecule has 0 aliphatic rings. The lowest BCUT2D eigenvalue weighted by Crippen LogP contribution is -2.33. The van der Waals surface area contributed by atoms with E-state index in [2.05, 4.69) is 15.4 Å². The van der Waals surface area contributed by atoms with Gasteiger partial charge in [0.15, 0.2) is 0 Å². The van der Waals surface area contributed by atoms with Gasteiger partial charge in [-0.1, -0.05) is 18.2 Å². The number of benzene rings is 2. The first kappa shape index (κ1) is 16.2. The third kappa shape index (κ3) is 3.64. The zero-order valence-corrected chi connectivity index (χ0v) is 13.7. The van der Waals surface area contributed by atoms with Crippen molar-refractivity contribution in [2.75, 3.05) is 0 Å². The van der Waals surface area contributed by atoms with Crippen molar-refractivity contribution < 1.29 is 9.18 Å². The standard InChI is InChI=1S/C17H15FN4OS/c1-12-10-13(22-9-5-8-19-22)11-15(16(12)18)17(23)20-21-24-14-6-3-2-4-7-14/h2-11,21H,1H3,(H,20,23). The molecule has 0 aliphatic heterocycles. The number of nitrogens with zero attached hydrogens (tertiary/aromatic N) is 2. The molecule has 0 atom stereocenters. The van der Waals surface area contributed by atoms with Gasteiger partial charge >= 0.3 is 0 Å². The fourth-order valence-electron chi connectivity index (χ4n) is 2.16. The second-order valence-corrected chi connectivity index (χ2v) is 5.93. The number of carbonyl (C=O) groups excluding carboxylic acids is 1. The van der Waals surface area contributed by atoms with Crippen LogP contribution in [0.15, 0.2) is 65.8 Å². The number of hydrogen-bond donors (Lipinski definition) is 2. The topological polar surface area (TPSA) is 59.0 Å². The van der Waals surface area contributed by atoms with Crippen LogP contribution in [0.25, 0.3) is 5.69 Å². The molecule has 24 heavy (non-hydrogen) atoms. The van der Waals surface area contributed by atoms with Crippen LogP contribution in [0.1, 0.15) is 15.9 Å². The molecule has 0 radical (unpaired) electrons. The van der Waals surface area contributed by atoms with Crippen LogP contribution in [0.5, 0.6) is 0 Å². The van der Waals surface area contributed by atoms with Gasteiger partial charge < -0.3 is 0 Å². The predicted molar refractivity (Wildman–Crippen MR) is 91.2 cm³/mol. The van der Waals surface area contributed by atoms with Gasteiger partial charge in [0.1, 0.15) is 5.82 Å². The van der Waals surface area contributed by atoms with E-state index in [-0.39, 0.29) is 5.56 Å². The number of rotatable bonds is 5. The average molecular weight is 342 g/mol. The van der Waals surface area contributed by atoms with Crippen LogP contribution in [0.3, 0.4) is 0 Å². The van der Waals surface area contributed by atoms with E-state index in [9.17, 15) is 9.18 Å². The Morgan fingerprint density at radius 2 is 2.00 bits per heavy atom. The minimum absolute atomic E-state index is 0.0401. The van der Waals surface area contributed by atoms with Crippen LogP contribution in [0.4, 0.5) is 4.39 Å². The first-order valence-electron chi connectivity index (χ1n) is 7.22. The molecule has 0 bridgehead atoms. The summed E-state index contributed by atoms with van der Waals surface area (Å²) in [5.41, 5.74) is 3.46. The lowest BCUT2D eigenvalue weighted by molar-refractivity contribution is 0.0943. The van der Waals surface area contributed by atoms with Crippen molar-refractivity contribution in [3.63, 3.8) is 0 Å². The third-order valence-corrected chi connectivity index (χ3v) is 4.04. The number of hydrogen-bond acceptors (Lipinski definition) is 4. The molecule has 3 aromatic rings. The summed E-state index contributed by atoms with van der Waals surface area (Å²) in [5, 5.41) is 4.10. The molecule has 0 spiro atoms. The SMILES string of the molecule is Cc1cc(-n2cccn2)cc(C(=O)NNSc2ccccc2)c1F. The van der Waals surface area contributed by atoms with Crippen molar-refractivity contribution in [1.29, 1.82) is 0 Å². The van der Waals surface area contributed by atoms with Gasteiger partial charge in [0.05, 0.1) is 11.3 Å². The van der Waals surface area contributed by atoms with Crippen LogP contribution < -0.4 is 10.3 Å². The van der Waals surface area contributed by atoms with Gasteiger partial charge in [0.25, 0.3) is 5.91 Å². The van der Waals surface area contributed by atoms with Crippen LogP contribution in [0, 0.1) is 12.7 Å². The zero-order chi connectivity index (χ0) is 16.9. The van der Waals surface area contributed by atoms with Gasteiger partial charge in [-0.3, -0.25) is 10.2 Å². The van der Waals surface area contributed by atoms with Gasteiger partial charge in [-0.25, -0.2) is 9.07 Å². The Balaban J connectivity index is 1.74. The van der Waals surface area contributed by atoms with Crippen molar-refractivity contribution in [2.45, 2.75) is 11.8 Å². The highest BCUT2D eigenvalue weighted by molar-refractivity contribution is 7.97. The molecule has 2 N–H and O–H groups in total. The highest BCUT2D eigenvalue weighted by atomic mass is 32.2. The molecule has 0 fully saturated rings. The second kappa shape index (κ2) is 7.29. The summed E-state index contributed by atoms with van der Waals surface area (Å²) < 4.78 is 15.9. The maximum absolute atomic E-state index is 14.3. The van der Waals surface area contributed by atoms with Crippen molar-refractivity contribution in [3.05, 3.63) is 77.9 Å². The highest BCUT2D eigenvalue weighted by Crippen LogP contribution is 2.18.